The van der Waals surface area contributed by atoms with Crippen LogP contribution in [0.15, 0.2) is 48.5 Å². The number of amides is 1. The van der Waals surface area contributed by atoms with Crippen LogP contribution in [0.3, 0.4) is 0 Å². The van der Waals surface area contributed by atoms with Crippen molar-refractivity contribution in [2.75, 3.05) is 10.6 Å². The summed E-state index contributed by atoms with van der Waals surface area (Å²) < 4.78 is 42.2. The van der Waals surface area contributed by atoms with Gasteiger partial charge in [-0.25, -0.2) is 9.37 Å². The Morgan fingerprint density at radius 1 is 1.10 bits per heavy atom. The van der Waals surface area contributed by atoms with E-state index < -0.39 is 30.2 Å². The number of alkyl halides is 2. The fraction of sp³-hybridized carbons (Fsp3) is 0.150. The van der Waals surface area contributed by atoms with Crippen LogP contribution < -0.4 is 21.1 Å². The molecule has 0 aliphatic heterocycles. The van der Waals surface area contributed by atoms with Gasteiger partial charge in [0.25, 0.3) is 0 Å². The van der Waals surface area contributed by atoms with Crippen LogP contribution >= 0.6 is 11.3 Å². The number of nitrogens with zero attached hydrogens (tertiary/aromatic N) is 2. The van der Waals surface area contributed by atoms with E-state index in [9.17, 15) is 22.8 Å². The number of ketones is 1. The molecule has 0 fully saturated rings. The summed E-state index contributed by atoms with van der Waals surface area (Å²) in [5.74, 6) is -1.80. The number of carbonyl (C=O) groups excluding carboxylic acids is 2. The molecule has 4 N–H and O–H groups in total. The smallest absolute Gasteiger partial charge is 0.387 e. The number of primary amides is 1. The Bertz CT molecular complexity index is 1090. The van der Waals surface area contributed by atoms with Crippen molar-refractivity contribution >= 4 is 39.7 Å². The van der Waals surface area contributed by atoms with Gasteiger partial charge in [-0.1, -0.05) is 11.3 Å². The summed E-state index contributed by atoms with van der Waals surface area (Å²) in [4.78, 5) is 30.4. The summed E-state index contributed by atoms with van der Waals surface area (Å²) in [6.07, 6.45) is 0. The van der Waals surface area contributed by atoms with Crippen LogP contribution in [-0.4, -0.2) is 29.3 Å². The number of benzene rings is 2. The van der Waals surface area contributed by atoms with Crippen molar-refractivity contribution in [2.24, 2.45) is 5.73 Å². The van der Waals surface area contributed by atoms with Crippen LogP contribution in [0.5, 0.6) is 5.75 Å². The molecule has 31 heavy (non-hydrogen) atoms. The lowest BCUT2D eigenvalue weighted by Crippen LogP contribution is -2.39. The molecule has 7 nitrogen and oxygen atoms in total. The van der Waals surface area contributed by atoms with E-state index in [4.69, 9.17) is 11.5 Å². The molecular weight excluding hydrogens is 433 g/mol. The molecule has 0 bridgehead atoms. The number of nitrogen functional groups attached to an aromatic ring is 1. The maximum Gasteiger partial charge on any atom is 0.387 e. The van der Waals surface area contributed by atoms with Crippen LogP contribution in [0, 0.1) is 5.82 Å². The fourth-order valence-electron chi connectivity index (χ4n) is 2.73. The Morgan fingerprint density at radius 2 is 1.71 bits per heavy atom. The highest BCUT2D eigenvalue weighted by Crippen LogP contribution is 2.36. The molecule has 2 aromatic carbocycles. The first kappa shape index (κ1) is 22.1. The summed E-state index contributed by atoms with van der Waals surface area (Å²) in [6, 6.07) is 9.54. The minimum absolute atomic E-state index is 0.0818. The predicted molar refractivity (Wildman–Crippen MR) is 110 cm³/mol. The molecule has 3 rings (SSSR count). The van der Waals surface area contributed by atoms with Gasteiger partial charge in [0.15, 0.2) is 5.13 Å². The summed E-state index contributed by atoms with van der Waals surface area (Å²) in [7, 11) is 0. The van der Waals surface area contributed by atoms with E-state index in [2.05, 4.69) is 9.72 Å². The Morgan fingerprint density at radius 3 is 2.26 bits per heavy atom. The zero-order chi connectivity index (χ0) is 22.7. The van der Waals surface area contributed by atoms with Crippen LogP contribution in [0.2, 0.25) is 0 Å². The number of carbonyl (C=O) groups is 2. The Hall–Kier alpha value is -3.60. The predicted octanol–water partition coefficient (Wildman–Crippen LogP) is 3.71. The van der Waals surface area contributed by atoms with Gasteiger partial charge in [0, 0.05) is 11.3 Å². The van der Waals surface area contributed by atoms with E-state index in [1.807, 2.05) is 0 Å². The summed E-state index contributed by atoms with van der Waals surface area (Å²) in [6.45, 7) is -1.45. The highest BCUT2D eigenvalue weighted by Gasteiger charge is 2.27. The maximum atomic E-state index is 13.3. The number of hydrogen-bond donors (Lipinski definition) is 2. The minimum atomic E-state index is -2.98. The maximum absolute atomic E-state index is 13.3. The zero-order valence-corrected chi connectivity index (χ0v) is 16.9. The number of hydrogen-bond acceptors (Lipinski definition) is 7. The fourth-order valence-corrected chi connectivity index (χ4v) is 3.78. The first-order valence-electron chi connectivity index (χ1n) is 8.87. The van der Waals surface area contributed by atoms with Gasteiger partial charge in [0.2, 0.25) is 11.7 Å². The average Bonchev–Trinajstić information content (AvgIpc) is 3.10. The van der Waals surface area contributed by atoms with Crippen molar-refractivity contribution in [3.63, 3.8) is 0 Å². The molecule has 0 radical (unpaired) electrons. The SMILES string of the molecule is CC(C(N)=O)N(c1ccc(F)cc1)c1nc(N)c(C(=O)c2ccc(OC(F)F)cc2)s1. The molecular formula is C20H17F3N4O3S. The topological polar surface area (TPSA) is 112 Å². The first-order chi connectivity index (χ1) is 14.7. The van der Waals surface area contributed by atoms with Crippen molar-refractivity contribution in [2.45, 2.75) is 19.6 Å². The average molecular weight is 450 g/mol. The number of anilines is 3. The molecule has 162 valence electrons. The lowest BCUT2D eigenvalue weighted by Gasteiger charge is -2.26. The van der Waals surface area contributed by atoms with Crippen LogP contribution in [0.1, 0.15) is 22.2 Å². The van der Waals surface area contributed by atoms with Crippen molar-refractivity contribution in [1.82, 2.24) is 4.98 Å². The second-order valence-corrected chi connectivity index (χ2v) is 7.35. The van der Waals surface area contributed by atoms with Gasteiger partial charge in [0.1, 0.15) is 28.3 Å². The van der Waals surface area contributed by atoms with Gasteiger partial charge in [0.05, 0.1) is 0 Å². The first-order valence-corrected chi connectivity index (χ1v) is 9.69. The standard InChI is InChI=1S/C20H17F3N4O3S/c1-10(18(25)29)27(13-6-4-12(21)5-7-13)20-26-17(24)16(31-20)15(28)11-2-8-14(9-3-11)30-19(22)23/h2-10,19H,24H2,1H3,(H2,25,29). The van der Waals surface area contributed by atoms with Crippen LogP contribution in [0.4, 0.5) is 29.8 Å². The largest absolute Gasteiger partial charge is 0.435 e. The van der Waals surface area contributed by atoms with Crippen molar-refractivity contribution in [3.8, 4) is 5.75 Å². The van der Waals surface area contributed by atoms with Crippen LogP contribution in [0.25, 0.3) is 0 Å². The molecule has 1 atom stereocenters. The monoisotopic (exact) mass is 450 g/mol. The van der Waals surface area contributed by atoms with Crippen molar-refractivity contribution in [1.29, 1.82) is 0 Å². The number of rotatable bonds is 8. The molecule has 0 saturated carbocycles. The van der Waals surface area contributed by atoms with E-state index in [1.54, 1.807) is 0 Å². The third-order valence-corrected chi connectivity index (χ3v) is 5.37. The Labute approximate surface area is 179 Å². The number of nitrogens with two attached hydrogens (primary N) is 2. The number of aromatic nitrogens is 1. The van der Waals surface area contributed by atoms with Crippen molar-refractivity contribution in [3.05, 3.63) is 64.8 Å². The molecule has 1 amide bonds. The van der Waals surface area contributed by atoms with E-state index in [-0.39, 0.29) is 27.1 Å². The third-order valence-electron chi connectivity index (χ3n) is 4.30. The highest BCUT2D eigenvalue weighted by atomic mass is 32.1. The van der Waals surface area contributed by atoms with Gasteiger partial charge in [-0.15, -0.1) is 0 Å². The van der Waals surface area contributed by atoms with Gasteiger partial charge < -0.3 is 21.1 Å². The second kappa shape index (κ2) is 9.04. The Balaban J connectivity index is 1.95. The summed E-state index contributed by atoms with van der Waals surface area (Å²) >= 11 is 0.918. The normalized spacial score (nSPS) is 11.9. The lowest BCUT2D eigenvalue weighted by atomic mass is 10.1. The number of halogens is 3. The van der Waals surface area contributed by atoms with Crippen LogP contribution in [-0.2, 0) is 4.79 Å². The van der Waals surface area contributed by atoms with Gasteiger partial charge in [-0.2, -0.15) is 8.78 Å². The second-order valence-electron chi connectivity index (χ2n) is 6.37. The molecule has 1 unspecified atom stereocenters. The van der Waals surface area contributed by atoms with Gasteiger partial charge in [-0.05, 0) is 55.5 Å². The lowest BCUT2D eigenvalue weighted by molar-refractivity contribution is -0.118. The third kappa shape index (κ3) is 4.94. The molecule has 0 aliphatic rings. The summed E-state index contributed by atoms with van der Waals surface area (Å²) in [5.41, 5.74) is 12.0. The molecule has 3 aromatic rings. The van der Waals surface area contributed by atoms with E-state index >= 15 is 0 Å². The molecule has 11 heteroatoms. The number of ether oxygens (including phenoxy) is 1. The molecule has 1 heterocycles. The quantitative estimate of drug-likeness (QED) is 0.506. The molecule has 0 aliphatic carbocycles. The van der Waals surface area contributed by atoms with E-state index in [1.165, 1.54) is 60.4 Å². The highest BCUT2D eigenvalue weighted by molar-refractivity contribution is 7.18. The van der Waals surface area contributed by atoms with Crippen molar-refractivity contribution < 1.29 is 27.5 Å². The van der Waals surface area contributed by atoms with Gasteiger partial charge >= 0.3 is 6.61 Å². The summed E-state index contributed by atoms with van der Waals surface area (Å²) in [5, 5.41) is 0.205. The Kier molecular flexibility index (Phi) is 6.44. The van der Waals surface area contributed by atoms with E-state index in [0.717, 1.165) is 11.3 Å². The molecule has 0 spiro atoms. The zero-order valence-electron chi connectivity index (χ0n) is 16.1. The van der Waals surface area contributed by atoms with Gasteiger partial charge in [-0.3, -0.25) is 9.59 Å². The molecule has 1 aromatic heterocycles. The minimum Gasteiger partial charge on any atom is -0.435 e. The molecule has 0 saturated heterocycles. The van der Waals surface area contributed by atoms with E-state index in [0.29, 0.717) is 5.69 Å². The number of thiazole rings is 1.